The van der Waals surface area contributed by atoms with E-state index in [1.807, 2.05) is 12.1 Å². The fourth-order valence-electron chi connectivity index (χ4n) is 1.42. The topological polar surface area (TPSA) is 61.3 Å². The number of rotatable bonds is 4. The van der Waals surface area contributed by atoms with Crippen LogP contribution in [0, 0.1) is 0 Å². The van der Waals surface area contributed by atoms with E-state index in [0.717, 1.165) is 17.7 Å². The molecule has 1 unspecified atom stereocenters. The van der Waals surface area contributed by atoms with Gasteiger partial charge in [0.1, 0.15) is 5.75 Å². The van der Waals surface area contributed by atoms with Gasteiger partial charge in [0.25, 0.3) is 0 Å². The SMILES string of the molecule is CCc1ccc(OC)c(C(N)CN)c1. The van der Waals surface area contributed by atoms with Gasteiger partial charge < -0.3 is 16.2 Å². The third-order valence-electron chi connectivity index (χ3n) is 2.36. The molecule has 1 aromatic rings. The fourth-order valence-corrected chi connectivity index (χ4v) is 1.42. The van der Waals surface area contributed by atoms with Crippen LogP contribution in [0.4, 0.5) is 0 Å². The van der Waals surface area contributed by atoms with Crippen LogP contribution in [0.25, 0.3) is 0 Å². The number of methoxy groups -OCH3 is 1. The van der Waals surface area contributed by atoms with Crippen molar-refractivity contribution in [1.82, 2.24) is 0 Å². The highest BCUT2D eigenvalue weighted by atomic mass is 16.5. The number of benzene rings is 1. The van der Waals surface area contributed by atoms with Gasteiger partial charge in [0.2, 0.25) is 0 Å². The predicted octanol–water partition coefficient (Wildman–Crippen LogP) is 1.22. The molecule has 3 nitrogen and oxygen atoms in total. The summed E-state index contributed by atoms with van der Waals surface area (Å²) in [6.07, 6.45) is 0.994. The first-order valence-corrected chi connectivity index (χ1v) is 4.85. The van der Waals surface area contributed by atoms with Crippen LogP contribution >= 0.6 is 0 Å². The van der Waals surface area contributed by atoms with Crippen LogP contribution in [0.5, 0.6) is 5.75 Å². The van der Waals surface area contributed by atoms with Crippen LogP contribution in [0.2, 0.25) is 0 Å². The van der Waals surface area contributed by atoms with Gasteiger partial charge in [-0.05, 0) is 18.1 Å². The standard InChI is InChI=1S/C11H18N2O/c1-3-8-4-5-11(14-2)9(6-8)10(13)7-12/h4-6,10H,3,7,12-13H2,1-2H3. The summed E-state index contributed by atoms with van der Waals surface area (Å²) in [5.74, 6) is 0.820. The highest BCUT2D eigenvalue weighted by molar-refractivity contribution is 5.39. The molecule has 0 saturated heterocycles. The largest absolute Gasteiger partial charge is 0.496 e. The molecule has 0 amide bonds. The van der Waals surface area contributed by atoms with Crippen molar-refractivity contribution < 1.29 is 4.74 Å². The lowest BCUT2D eigenvalue weighted by atomic mass is 10.0. The summed E-state index contributed by atoms with van der Waals surface area (Å²) in [6, 6.07) is 5.92. The summed E-state index contributed by atoms with van der Waals surface area (Å²) >= 11 is 0. The van der Waals surface area contributed by atoms with E-state index in [1.54, 1.807) is 7.11 Å². The summed E-state index contributed by atoms with van der Waals surface area (Å²) in [5, 5.41) is 0. The molecule has 0 fully saturated rings. The molecule has 14 heavy (non-hydrogen) atoms. The Bertz CT molecular complexity index is 299. The minimum absolute atomic E-state index is 0.142. The van der Waals surface area contributed by atoms with E-state index >= 15 is 0 Å². The highest BCUT2D eigenvalue weighted by Gasteiger charge is 2.10. The number of nitrogens with two attached hydrogens (primary N) is 2. The lowest BCUT2D eigenvalue weighted by molar-refractivity contribution is 0.406. The van der Waals surface area contributed by atoms with Crippen LogP contribution in [-0.4, -0.2) is 13.7 Å². The van der Waals surface area contributed by atoms with E-state index < -0.39 is 0 Å². The van der Waals surface area contributed by atoms with Gasteiger partial charge in [0.05, 0.1) is 7.11 Å². The summed E-state index contributed by atoms with van der Waals surface area (Å²) in [7, 11) is 1.65. The molecule has 0 spiro atoms. The predicted molar refractivity (Wildman–Crippen MR) is 58.4 cm³/mol. The summed E-state index contributed by atoms with van der Waals surface area (Å²) in [4.78, 5) is 0. The van der Waals surface area contributed by atoms with Gasteiger partial charge in [0.15, 0.2) is 0 Å². The van der Waals surface area contributed by atoms with Crippen LogP contribution in [0.1, 0.15) is 24.1 Å². The number of aryl methyl sites for hydroxylation is 1. The molecule has 0 aliphatic rings. The second-order valence-electron chi connectivity index (χ2n) is 3.27. The Hall–Kier alpha value is -1.06. The molecule has 0 radical (unpaired) electrons. The van der Waals surface area contributed by atoms with Crippen molar-refractivity contribution in [2.45, 2.75) is 19.4 Å². The second-order valence-corrected chi connectivity index (χ2v) is 3.27. The van der Waals surface area contributed by atoms with Gasteiger partial charge >= 0.3 is 0 Å². The van der Waals surface area contributed by atoms with E-state index in [-0.39, 0.29) is 6.04 Å². The van der Waals surface area contributed by atoms with Gasteiger partial charge in [0, 0.05) is 18.2 Å². The smallest absolute Gasteiger partial charge is 0.123 e. The lowest BCUT2D eigenvalue weighted by Gasteiger charge is -2.14. The maximum Gasteiger partial charge on any atom is 0.123 e. The number of ether oxygens (including phenoxy) is 1. The average molecular weight is 194 g/mol. The minimum atomic E-state index is -0.142. The molecule has 0 aliphatic carbocycles. The Morgan fingerprint density at radius 1 is 1.43 bits per heavy atom. The molecule has 1 atom stereocenters. The fraction of sp³-hybridized carbons (Fsp3) is 0.455. The van der Waals surface area contributed by atoms with Crippen molar-refractivity contribution in [1.29, 1.82) is 0 Å². The molecule has 0 aliphatic heterocycles. The summed E-state index contributed by atoms with van der Waals surface area (Å²) in [5.41, 5.74) is 13.7. The normalized spacial score (nSPS) is 12.6. The van der Waals surface area contributed by atoms with Crippen molar-refractivity contribution >= 4 is 0 Å². The Kier molecular flexibility index (Phi) is 3.92. The van der Waals surface area contributed by atoms with Crippen molar-refractivity contribution in [3.63, 3.8) is 0 Å². The Labute approximate surface area is 85.0 Å². The third-order valence-corrected chi connectivity index (χ3v) is 2.36. The summed E-state index contributed by atoms with van der Waals surface area (Å²) < 4.78 is 5.23. The van der Waals surface area contributed by atoms with Crippen LogP contribution in [0.3, 0.4) is 0 Å². The molecule has 3 heteroatoms. The quantitative estimate of drug-likeness (QED) is 0.757. The van der Waals surface area contributed by atoms with Gasteiger partial charge in [-0.25, -0.2) is 0 Å². The van der Waals surface area contributed by atoms with Crippen LogP contribution in [-0.2, 0) is 6.42 Å². The zero-order valence-corrected chi connectivity index (χ0v) is 8.79. The molecular formula is C11H18N2O. The molecule has 4 N–H and O–H groups in total. The van der Waals surface area contributed by atoms with Crippen molar-refractivity contribution in [2.24, 2.45) is 11.5 Å². The van der Waals surface area contributed by atoms with E-state index in [9.17, 15) is 0 Å². The molecule has 0 aromatic heterocycles. The van der Waals surface area contributed by atoms with Crippen molar-refractivity contribution in [3.8, 4) is 5.75 Å². The molecular weight excluding hydrogens is 176 g/mol. The molecule has 78 valence electrons. The van der Waals surface area contributed by atoms with E-state index in [4.69, 9.17) is 16.2 Å². The highest BCUT2D eigenvalue weighted by Crippen LogP contribution is 2.24. The summed E-state index contributed by atoms with van der Waals surface area (Å²) in [6.45, 7) is 2.54. The van der Waals surface area contributed by atoms with E-state index in [2.05, 4.69) is 13.0 Å². The Morgan fingerprint density at radius 3 is 2.64 bits per heavy atom. The molecule has 1 aromatic carbocycles. The zero-order chi connectivity index (χ0) is 10.6. The minimum Gasteiger partial charge on any atom is -0.496 e. The first-order chi connectivity index (χ1) is 6.72. The molecule has 0 bridgehead atoms. The zero-order valence-electron chi connectivity index (χ0n) is 8.79. The Morgan fingerprint density at radius 2 is 2.14 bits per heavy atom. The Balaban J connectivity index is 3.08. The van der Waals surface area contributed by atoms with Gasteiger partial charge in [-0.3, -0.25) is 0 Å². The lowest BCUT2D eigenvalue weighted by Crippen LogP contribution is -2.21. The van der Waals surface area contributed by atoms with Gasteiger partial charge in [-0.15, -0.1) is 0 Å². The first kappa shape index (κ1) is 11.0. The third kappa shape index (κ3) is 2.25. The molecule has 0 heterocycles. The molecule has 1 rings (SSSR count). The molecule has 0 saturated carbocycles. The maximum atomic E-state index is 5.89. The maximum absolute atomic E-state index is 5.89. The average Bonchev–Trinajstić information content (AvgIpc) is 2.27. The van der Waals surface area contributed by atoms with E-state index in [1.165, 1.54) is 5.56 Å². The second kappa shape index (κ2) is 4.98. The van der Waals surface area contributed by atoms with Crippen LogP contribution < -0.4 is 16.2 Å². The van der Waals surface area contributed by atoms with Crippen molar-refractivity contribution in [3.05, 3.63) is 29.3 Å². The first-order valence-electron chi connectivity index (χ1n) is 4.85. The van der Waals surface area contributed by atoms with Crippen LogP contribution in [0.15, 0.2) is 18.2 Å². The van der Waals surface area contributed by atoms with Gasteiger partial charge in [-0.1, -0.05) is 19.1 Å². The van der Waals surface area contributed by atoms with E-state index in [0.29, 0.717) is 6.54 Å². The van der Waals surface area contributed by atoms with Gasteiger partial charge in [-0.2, -0.15) is 0 Å². The monoisotopic (exact) mass is 194 g/mol. The number of hydrogen-bond acceptors (Lipinski definition) is 3. The van der Waals surface area contributed by atoms with Crippen molar-refractivity contribution in [2.75, 3.05) is 13.7 Å². The number of hydrogen-bond donors (Lipinski definition) is 2.